The predicted octanol–water partition coefficient (Wildman–Crippen LogP) is 4.27. The van der Waals surface area contributed by atoms with E-state index in [4.69, 9.17) is 4.52 Å². The van der Waals surface area contributed by atoms with E-state index in [9.17, 15) is 0 Å². The van der Waals surface area contributed by atoms with Gasteiger partial charge in [-0.05, 0) is 20.3 Å². The third-order valence-electron chi connectivity index (χ3n) is 3.60. The molecule has 0 unspecified atom stereocenters. The average Bonchev–Trinajstić information content (AvgIpc) is 3.01. The molecule has 0 atom stereocenters. The molecule has 0 aromatic carbocycles. The molecule has 22 heavy (non-hydrogen) atoms. The molecule has 0 aliphatic rings. The Bertz CT molecular complexity index is 625. The summed E-state index contributed by atoms with van der Waals surface area (Å²) in [5.74, 6) is 2.10. The number of hydrogen-bond acceptors (Lipinski definition) is 5. The van der Waals surface area contributed by atoms with E-state index in [1.54, 1.807) is 11.8 Å². The number of hydrogen-bond donors (Lipinski definition) is 0. The fraction of sp³-hybridized carbons (Fsp3) is 0.688. The summed E-state index contributed by atoms with van der Waals surface area (Å²) in [5, 5.41) is 5.12. The molecule has 0 amide bonds. The second-order valence-corrected chi connectivity index (χ2v) is 7.57. The van der Waals surface area contributed by atoms with Crippen LogP contribution in [0.3, 0.4) is 0 Å². The Labute approximate surface area is 136 Å². The van der Waals surface area contributed by atoms with E-state index in [-0.39, 0.29) is 5.41 Å². The van der Waals surface area contributed by atoms with Gasteiger partial charge < -0.3 is 9.09 Å². The molecule has 2 rings (SSSR count). The van der Waals surface area contributed by atoms with Crippen LogP contribution in [0.25, 0.3) is 0 Å². The highest BCUT2D eigenvalue weighted by Gasteiger charge is 2.22. The van der Waals surface area contributed by atoms with Crippen molar-refractivity contribution in [2.24, 2.45) is 0 Å². The molecule has 6 heteroatoms. The van der Waals surface area contributed by atoms with Gasteiger partial charge >= 0.3 is 0 Å². The second kappa shape index (κ2) is 6.86. The van der Waals surface area contributed by atoms with Crippen molar-refractivity contribution in [3.63, 3.8) is 0 Å². The maximum Gasteiger partial charge on any atom is 0.232 e. The molecular weight excluding hydrogens is 296 g/mol. The zero-order valence-electron chi connectivity index (χ0n) is 14.4. The molecule has 122 valence electrons. The minimum absolute atomic E-state index is 0.108. The van der Waals surface area contributed by atoms with Crippen molar-refractivity contribution >= 4 is 11.8 Å². The molecule has 0 N–H and O–H groups in total. The van der Waals surface area contributed by atoms with E-state index in [1.165, 1.54) is 18.5 Å². The van der Waals surface area contributed by atoms with Gasteiger partial charge in [0.1, 0.15) is 0 Å². The lowest BCUT2D eigenvalue weighted by atomic mass is 9.97. The summed E-state index contributed by atoms with van der Waals surface area (Å²) in [4.78, 5) is 9.16. The van der Waals surface area contributed by atoms with Crippen LogP contribution in [0, 0.1) is 13.8 Å². The zero-order valence-corrected chi connectivity index (χ0v) is 15.3. The lowest BCUT2D eigenvalue weighted by Gasteiger charge is -2.10. The SMILES string of the molecule is CCCCn1c(SCc2noc(C(C)(C)C)n2)nc(C)c1C. The molecule has 0 saturated heterocycles. The van der Waals surface area contributed by atoms with Gasteiger partial charge in [0.05, 0.1) is 11.4 Å². The maximum absolute atomic E-state index is 5.34. The van der Waals surface area contributed by atoms with Crippen LogP contribution < -0.4 is 0 Å². The highest BCUT2D eigenvalue weighted by atomic mass is 32.2. The number of aromatic nitrogens is 4. The Morgan fingerprint density at radius 1 is 1.18 bits per heavy atom. The molecule has 0 aliphatic carbocycles. The molecular formula is C16H26N4OS. The minimum Gasteiger partial charge on any atom is -0.339 e. The van der Waals surface area contributed by atoms with Gasteiger partial charge in [0.25, 0.3) is 0 Å². The third-order valence-corrected chi connectivity index (χ3v) is 4.57. The fourth-order valence-corrected chi connectivity index (χ4v) is 3.02. The van der Waals surface area contributed by atoms with E-state index < -0.39 is 0 Å². The number of thioether (sulfide) groups is 1. The van der Waals surface area contributed by atoms with E-state index in [2.05, 4.69) is 61.2 Å². The first kappa shape index (κ1) is 17.1. The molecule has 2 heterocycles. The molecule has 2 aromatic heterocycles. The smallest absolute Gasteiger partial charge is 0.232 e. The number of imidazole rings is 1. The van der Waals surface area contributed by atoms with Gasteiger partial charge in [0, 0.05) is 17.7 Å². The largest absolute Gasteiger partial charge is 0.339 e. The molecule has 0 spiro atoms. The van der Waals surface area contributed by atoms with Crippen molar-refractivity contribution in [2.75, 3.05) is 0 Å². The van der Waals surface area contributed by atoms with Crippen LogP contribution >= 0.6 is 11.8 Å². The predicted molar refractivity (Wildman–Crippen MR) is 89.2 cm³/mol. The fourth-order valence-electron chi connectivity index (χ4n) is 2.06. The monoisotopic (exact) mass is 322 g/mol. The summed E-state index contributed by atoms with van der Waals surface area (Å²) < 4.78 is 7.64. The maximum atomic E-state index is 5.34. The van der Waals surface area contributed by atoms with Gasteiger partial charge in [0.2, 0.25) is 5.89 Å². The standard InChI is InChI=1S/C16H26N4OS/c1-7-8-9-20-12(3)11(2)17-15(20)22-10-13-18-14(21-19-13)16(4,5)6/h7-10H2,1-6H3. The first-order valence-corrected chi connectivity index (χ1v) is 8.81. The summed E-state index contributed by atoms with van der Waals surface area (Å²) in [6.07, 6.45) is 2.35. The first-order chi connectivity index (χ1) is 10.3. The van der Waals surface area contributed by atoms with Gasteiger partial charge in [-0.1, -0.05) is 51.0 Å². The number of rotatable bonds is 6. The highest BCUT2D eigenvalue weighted by Crippen LogP contribution is 2.26. The normalized spacial score (nSPS) is 12.1. The van der Waals surface area contributed by atoms with Crippen LogP contribution in [-0.2, 0) is 17.7 Å². The lowest BCUT2D eigenvalue weighted by molar-refractivity contribution is 0.319. The molecule has 5 nitrogen and oxygen atoms in total. The quantitative estimate of drug-likeness (QED) is 0.743. The minimum atomic E-state index is -0.108. The van der Waals surface area contributed by atoms with E-state index in [1.807, 2.05) is 0 Å². The van der Waals surface area contributed by atoms with Gasteiger partial charge in [0.15, 0.2) is 11.0 Å². The van der Waals surface area contributed by atoms with Gasteiger partial charge in [-0.15, -0.1) is 0 Å². The van der Waals surface area contributed by atoms with Crippen molar-refractivity contribution in [3.8, 4) is 0 Å². The van der Waals surface area contributed by atoms with E-state index >= 15 is 0 Å². The van der Waals surface area contributed by atoms with Crippen LogP contribution in [0.2, 0.25) is 0 Å². The van der Waals surface area contributed by atoms with Gasteiger partial charge in [-0.25, -0.2) is 4.98 Å². The first-order valence-electron chi connectivity index (χ1n) is 7.82. The summed E-state index contributed by atoms with van der Waals surface area (Å²) in [7, 11) is 0. The van der Waals surface area contributed by atoms with Crippen molar-refractivity contribution < 1.29 is 4.52 Å². The Hall–Kier alpha value is -1.30. The highest BCUT2D eigenvalue weighted by molar-refractivity contribution is 7.98. The van der Waals surface area contributed by atoms with Crippen molar-refractivity contribution in [2.45, 2.75) is 77.3 Å². The topological polar surface area (TPSA) is 56.7 Å². The van der Waals surface area contributed by atoms with Gasteiger partial charge in [-0.3, -0.25) is 0 Å². The summed E-state index contributed by atoms with van der Waals surface area (Å²) in [6.45, 7) is 13.6. The molecule has 0 saturated carbocycles. The van der Waals surface area contributed by atoms with Crippen molar-refractivity contribution in [3.05, 3.63) is 23.1 Å². The molecule has 0 bridgehead atoms. The summed E-state index contributed by atoms with van der Waals surface area (Å²) >= 11 is 1.68. The van der Waals surface area contributed by atoms with E-state index in [0.717, 1.165) is 23.2 Å². The number of unbranched alkanes of at least 4 members (excludes halogenated alkanes) is 1. The van der Waals surface area contributed by atoms with Crippen LogP contribution in [0.15, 0.2) is 9.68 Å². The van der Waals surface area contributed by atoms with Crippen molar-refractivity contribution in [1.82, 2.24) is 19.7 Å². The lowest BCUT2D eigenvalue weighted by Crippen LogP contribution is -2.11. The Morgan fingerprint density at radius 3 is 2.50 bits per heavy atom. The molecule has 0 fully saturated rings. The zero-order chi connectivity index (χ0) is 16.3. The summed E-state index contributed by atoms with van der Waals surface area (Å²) in [6, 6.07) is 0. The van der Waals surface area contributed by atoms with Crippen LogP contribution in [0.5, 0.6) is 0 Å². The molecule has 2 aromatic rings. The molecule has 0 radical (unpaired) electrons. The van der Waals surface area contributed by atoms with Crippen LogP contribution in [-0.4, -0.2) is 19.7 Å². The van der Waals surface area contributed by atoms with Crippen LogP contribution in [0.4, 0.5) is 0 Å². The molecule has 0 aliphatic heterocycles. The Kier molecular flexibility index (Phi) is 5.32. The van der Waals surface area contributed by atoms with Crippen molar-refractivity contribution in [1.29, 1.82) is 0 Å². The second-order valence-electron chi connectivity index (χ2n) is 6.62. The Balaban J connectivity index is 2.08. The Morgan fingerprint density at radius 2 is 1.91 bits per heavy atom. The number of aryl methyl sites for hydroxylation is 1. The van der Waals surface area contributed by atoms with Gasteiger partial charge in [-0.2, -0.15) is 4.98 Å². The third kappa shape index (κ3) is 3.91. The van der Waals surface area contributed by atoms with E-state index in [0.29, 0.717) is 11.6 Å². The van der Waals surface area contributed by atoms with Crippen LogP contribution in [0.1, 0.15) is 63.6 Å². The average molecular weight is 322 g/mol. The number of nitrogens with zero attached hydrogens (tertiary/aromatic N) is 4. The summed E-state index contributed by atoms with van der Waals surface area (Å²) in [5.41, 5.74) is 2.24.